The lowest BCUT2D eigenvalue weighted by Gasteiger charge is -2.40. The molecular weight excluding hydrogens is 232 g/mol. The zero-order chi connectivity index (χ0) is 12.6. The maximum Gasteiger partial charge on any atom is 0.161 e. The summed E-state index contributed by atoms with van der Waals surface area (Å²) in [5.41, 5.74) is 6.45. The predicted molar refractivity (Wildman–Crippen MR) is 63.2 cm³/mol. The van der Waals surface area contributed by atoms with E-state index in [9.17, 15) is 5.26 Å². The fraction of sp³-hybridized carbons (Fsp3) is 0.462. The quantitative estimate of drug-likeness (QED) is 0.842. The van der Waals surface area contributed by atoms with Crippen LogP contribution in [0.3, 0.4) is 0 Å². The highest BCUT2D eigenvalue weighted by atomic mass is 16.6. The van der Waals surface area contributed by atoms with Gasteiger partial charge in [-0.25, -0.2) is 0 Å². The van der Waals surface area contributed by atoms with E-state index in [1.165, 1.54) is 0 Å². The van der Waals surface area contributed by atoms with E-state index in [2.05, 4.69) is 6.07 Å². The van der Waals surface area contributed by atoms with Crippen molar-refractivity contribution in [2.24, 2.45) is 11.1 Å². The van der Waals surface area contributed by atoms with E-state index >= 15 is 0 Å². The van der Waals surface area contributed by atoms with Crippen LogP contribution in [0.1, 0.15) is 11.6 Å². The van der Waals surface area contributed by atoms with E-state index in [-0.39, 0.29) is 6.04 Å². The topological polar surface area (TPSA) is 77.5 Å². The number of nitriles is 1. The van der Waals surface area contributed by atoms with E-state index in [0.29, 0.717) is 32.2 Å². The Hall–Kier alpha value is -1.77. The summed E-state index contributed by atoms with van der Waals surface area (Å²) in [6.07, 6.45) is 0. The number of nitrogens with two attached hydrogens (primary N) is 1. The maximum atomic E-state index is 9.24. The van der Waals surface area contributed by atoms with Crippen LogP contribution in [0.4, 0.5) is 0 Å². The SMILES string of the molecule is N#CC1(C(N)c2ccc3c(c2)OCCO3)COC1. The summed E-state index contributed by atoms with van der Waals surface area (Å²) in [5, 5.41) is 9.24. The largest absolute Gasteiger partial charge is 0.486 e. The molecule has 2 heterocycles. The van der Waals surface area contributed by atoms with Gasteiger partial charge in [-0.05, 0) is 17.7 Å². The Morgan fingerprint density at radius 1 is 1.22 bits per heavy atom. The molecule has 0 spiro atoms. The van der Waals surface area contributed by atoms with Gasteiger partial charge in [0, 0.05) is 0 Å². The minimum absolute atomic E-state index is 0.368. The van der Waals surface area contributed by atoms with E-state index in [0.717, 1.165) is 11.3 Å². The van der Waals surface area contributed by atoms with Crippen LogP contribution in [0, 0.1) is 16.7 Å². The second kappa shape index (κ2) is 4.16. The molecule has 18 heavy (non-hydrogen) atoms. The van der Waals surface area contributed by atoms with Crippen molar-refractivity contribution in [1.29, 1.82) is 5.26 Å². The Bertz CT molecular complexity index is 505. The predicted octanol–water partition coefficient (Wildman–Crippen LogP) is 0.998. The van der Waals surface area contributed by atoms with Gasteiger partial charge in [-0.1, -0.05) is 6.07 Å². The van der Waals surface area contributed by atoms with Crippen molar-refractivity contribution in [2.45, 2.75) is 6.04 Å². The summed E-state index contributed by atoms with van der Waals surface area (Å²) >= 11 is 0. The molecule has 5 heteroatoms. The molecule has 5 nitrogen and oxygen atoms in total. The number of rotatable bonds is 2. The third-order valence-corrected chi connectivity index (χ3v) is 3.46. The maximum absolute atomic E-state index is 9.24. The zero-order valence-electron chi connectivity index (χ0n) is 9.89. The summed E-state index contributed by atoms with van der Waals surface area (Å²) in [6.45, 7) is 1.88. The molecule has 1 fully saturated rings. The third-order valence-electron chi connectivity index (χ3n) is 3.46. The highest BCUT2D eigenvalue weighted by molar-refractivity contribution is 5.45. The van der Waals surface area contributed by atoms with Gasteiger partial charge in [0.2, 0.25) is 0 Å². The number of fused-ring (bicyclic) bond motifs is 1. The van der Waals surface area contributed by atoms with Gasteiger partial charge in [0.1, 0.15) is 18.6 Å². The highest BCUT2D eigenvalue weighted by Gasteiger charge is 2.45. The van der Waals surface area contributed by atoms with E-state index in [1.807, 2.05) is 18.2 Å². The van der Waals surface area contributed by atoms with Gasteiger partial charge in [-0.3, -0.25) is 0 Å². The van der Waals surface area contributed by atoms with Crippen molar-refractivity contribution in [3.8, 4) is 17.6 Å². The van der Waals surface area contributed by atoms with E-state index in [1.54, 1.807) is 0 Å². The van der Waals surface area contributed by atoms with Gasteiger partial charge in [0.15, 0.2) is 11.5 Å². The fourth-order valence-corrected chi connectivity index (χ4v) is 2.21. The number of benzene rings is 1. The van der Waals surface area contributed by atoms with Crippen molar-refractivity contribution >= 4 is 0 Å². The molecule has 0 radical (unpaired) electrons. The number of hydrogen-bond acceptors (Lipinski definition) is 5. The van der Waals surface area contributed by atoms with Gasteiger partial charge in [0.25, 0.3) is 0 Å². The summed E-state index contributed by atoms with van der Waals surface area (Å²) < 4.78 is 16.1. The monoisotopic (exact) mass is 246 g/mol. The number of hydrogen-bond donors (Lipinski definition) is 1. The molecule has 1 unspecified atom stereocenters. The Morgan fingerprint density at radius 3 is 2.56 bits per heavy atom. The van der Waals surface area contributed by atoms with Gasteiger partial charge >= 0.3 is 0 Å². The minimum Gasteiger partial charge on any atom is -0.486 e. The average molecular weight is 246 g/mol. The van der Waals surface area contributed by atoms with E-state index < -0.39 is 5.41 Å². The third kappa shape index (κ3) is 1.62. The first-order chi connectivity index (χ1) is 8.75. The normalized spacial score (nSPS) is 21.6. The first kappa shape index (κ1) is 11.3. The number of ether oxygens (including phenoxy) is 3. The van der Waals surface area contributed by atoms with Gasteiger partial charge < -0.3 is 19.9 Å². The molecule has 1 aromatic carbocycles. The van der Waals surface area contributed by atoms with Crippen LogP contribution >= 0.6 is 0 Å². The molecule has 94 valence electrons. The Labute approximate surface area is 105 Å². The van der Waals surface area contributed by atoms with Crippen LogP contribution in [0.2, 0.25) is 0 Å². The first-order valence-electron chi connectivity index (χ1n) is 5.89. The molecule has 0 bridgehead atoms. The molecule has 0 amide bonds. The highest BCUT2D eigenvalue weighted by Crippen LogP contribution is 2.41. The van der Waals surface area contributed by atoms with Crippen molar-refractivity contribution in [1.82, 2.24) is 0 Å². The van der Waals surface area contributed by atoms with Crippen LogP contribution in [0.25, 0.3) is 0 Å². The molecule has 1 atom stereocenters. The van der Waals surface area contributed by atoms with Crippen molar-refractivity contribution in [3.05, 3.63) is 23.8 Å². The summed E-state index contributed by atoms with van der Waals surface area (Å²) in [7, 11) is 0. The van der Waals surface area contributed by atoms with Gasteiger partial charge in [-0.2, -0.15) is 5.26 Å². The molecule has 0 aliphatic carbocycles. The van der Waals surface area contributed by atoms with Crippen molar-refractivity contribution in [2.75, 3.05) is 26.4 Å². The second-order valence-electron chi connectivity index (χ2n) is 4.64. The molecule has 0 aromatic heterocycles. The molecule has 0 saturated carbocycles. The smallest absolute Gasteiger partial charge is 0.161 e. The molecule has 3 rings (SSSR count). The van der Waals surface area contributed by atoms with Crippen LogP contribution < -0.4 is 15.2 Å². The Kier molecular flexibility index (Phi) is 2.62. The Morgan fingerprint density at radius 2 is 1.94 bits per heavy atom. The standard InChI is InChI=1S/C13H14N2O3/c14-6-13(7-16-8-13)12(15)9-1-2-10-11(5-9)18-4-3-17-10/h1-2,5,12H,3-4,7-8,15H2. The summed E-state index contributed by atoms with van der Waals surface area (Å²) in [6, 6.07) is 7.49. The second-order valence-corrected chi connectivity index (χ2v) is 4.64. The lowest BCUT2D eigenvalue weighted by molar-refractivity contribution is -0.0911. The fourth-order valence-electron chi connectivity index (χ4n) is 2.21. The van der Waals surface area contributed by atoms with Crippen LogP contribution in [-0.2, 0) is 4.74 Å². The summed E-state index contributed by atoms with van der Waals surface area (Å²) in [4.78, 5) is 0. The molecule has 2 aliphatic rings. The molecule has 2 N–H and O–H groups in total. The van der Waals surface area contributed by atoms with Crippen molar-refractivity contribution in [3.63, 3.8) is 0 Å². The minimum atomic E-state index is -0.607. The molecule has 1 aromatic rings. The molecule has 2 aliphatic heterocycles. The Balaban J connectivity index is 1.90. The lowest BCUT2D eigenvalue weighted by Crippen LogP contribution is -2.49. The van der Waals surface area contributed by atoms with Crippen LogP contribution in [0.5, 0.6) is 11.5 Å². The van der Waals surface area contributed by atoms with Gasteiger partial charge in [-0.15, -0.1) is 0 Å². The van der Waals surface area contributed by atoms with Gasteiger partial charge in [0.05, 0.1) is 25.3 Å². The van der Waals surface area contributed by atoms with E-state index in [4.69, 9.17) is 19.9 Å². The molecule has 1 saturated heterocycles. The van der Waals surface area contributed by atoms with Crippen LogP contribution in [-0.4, -0.2) is 26.4 Å². The van der Waals surface area contributed by atoms with Crippen molar-refractivity contribution < 1.29 is 14.2 Å². The van der Waals surface area contributed by atoms with Crippen LogP contribution in [0.15, 0.2) is 18.2 Å². The lowest BCUT2D eigenvalue weighted by atomic mass is 9.77. The first-order valence-corrected chi connectivity index (χ1v) is 5.89. The molecular formula is C13H14N2O3. The zero-order valence-corrected chi connectivity index (χ0v) is 9.89. The average Bonchev–Trinajstić information content (AvgIpc) is 2.37. The number of nitrogens with zero attached hydrogens (tertiary/aromatic N) is 1. The summed E-state index contributed by atoms with van der Waals surface area (Å²) in [5.74, 6) is 1.43.